The predicted octanol–water partition coefficient (Wildman–Crippen LogP) is 4.72. The van der Waals surface area contributed by atoms with Crippen molar-refractivity contribution in [3.8, 4) is 0 Å². The summed E-state index contributed by atoms with van der Waals surface area (Å²) < 4.78 is 0. The fraction of sp³-hybridized carbons (Fsp3) is 0.500. The first kappa shape index (κ1) is 22.0. The van der Waals surface area contributed by atoms with E-state index in [0.717, 1.165) is 49.9 Å². The van der Waals surface area contributed by atoms with Gasteiger partial charge in [-0.1, -0.05) is 38.1 Å². The lowest BCUT2D eigenvalue weighted by Gasteiger charge is -2.40. The Balaban J connectivity index is 1.62. The highest BCUT2D eigenvalue weighted by atomic mass is 16.2. The van der Waals surface area contributed by atoms with Gasteiger partial charge in [-0.15, -0.1) is 0 Å². The van der Waals surface area contributed by atoms with E-state index in [-0.39, 0.29) is 23.3 Å². The summed E-state index contributed by atoms with van der Waals surface area (Å²) in [5.41, 5.74) is 6.92. The zero-order valence-corrected chi connectivity index (χ0v) is 20.4. The standard InChI is InChI=1S/C28H35N3O2/c1-28(2)17-25(32)31(26(33)18-28)27(21-9-11-23-19(15-21)7-5-13-29(23)3)22-10-12-24-20(16-22)8-6-14-30(24)4/h9-12,15-16,27H,5-8,13-14,17-18H2,1-4H3. The van der Waals surface area contributed by atoms with Crippen LogP contribution in [0.1, 0.15) is 67.8 Å². The Morgan fingerprint density at radius 1 is 0.758 bits per heavy atom. The second-order valence-corrected chi connectivity index (χ2v) is 10.9. The summed E-state index contributed by atoms with van der Waals surface area (Å²) in [6.07, 6.45) is 5.11. The number of likely N-dealkylation sites (tertiary alicyclic amines) is 1. The van der Waals surface area contributed by atoms with Crippen LogP contribution in [0.3, 0.4) is 0 Å². The first-order valence-electron chi connectivity index (χ1n) is 12.3. The van der Waals surface area contributed by atoms with Crippen molar-refractivity contribution in [3.63, 3.8) is 0 Å². The van der Waals surface area contributed by atoms with Crippen molar-refractivity contribution in [1.82, 2.24) is 4.90 Å². The van der Waals surface area contributed by atoms with E-state index < -0.39 is 0 Å². The minimum absolute atomic E-state index is 0.0640. The van der Waals surface area contributed by atoms with E-state index in [1.165, 1.54) is 22.5 Å². The molecule has 174 valence electrons. The molecule has 1 fully saturated rings. The maximum absolute atomic E-state index is 13.4. The van der Waals surface area contributed by atoms with Gasteiger partial charge < -0.3 is 9.80 Å². The Morgan fingerprint density at radius 3 is 1.67 bits per heavy atom. The van der Waals surface area contributed by atoms with Crippen LogP contribution < -0.4 is 9.80 Å². The van der Waals surface area contributed by atoms with Gasteiger partial charge in [0.05, 0.1) is 6.04 Å². The predicted molar refractivity (Wildman–Crippen MR) is 133 cm³/mol. The van der Waals surface area contributed by atoms with Crippen molar-refractivity contribution in [3.05, 3.63) is 58.7 Å². The number of anilines is 2. The molecule has 33 heavy (non-hydrogen) atoms. The number of benzene rings is 2. The molecule has 5 heteroatoms. The Bertz CT molecular complexity index is 1020. The number of hydrogen-bond acceptors (Lipinski definition) is 4. The molecule has 1 saturated heterocycles. The second kappa shape index (κ2) is 8.19. The molecule has 0 bridgehead atoms. The molecule has 3 heterocycles. The highest BCUT2D eigenvalue weighted by Gasteiger charge is 2.42. The fourth-order valence-electron chi connectivity index (χ4n) is 5.92. The third-order valence-electron chi connectivity index (χ3n) is 7.60. The van der Waals surface area contributed by atoms with Crippen LogP contribution in [-0.4, -0.2) is 43.9 Å². The van der Waals surface area contributed by atoms with Crippen LogP contribution in [-0.2, 0) is 22.4 Å². The first-order chi connectivity index (χ1) is 15.7. The smallest absolute Gasteiger partial charge is 0.230 e. The van der Waals surface area contributed by atoms with Gasteiger partial charge >= 0.3 is 0 Å². The van der Waals surface area contributed by atoms with Crippen LogP contribution in [0.5, 0.6) is 0 Å². The highest BCUT2D eigenvalue weighted by Crippen LogP contribution is 2.41. The van der Waals surface area contributed by atoms with Gasteiger partial charge in [0.25, 0.3) is 0 Å². The van der Waals surface area contributed by atoms with Crippen molar-refractivity contribution in [2.24, 2.45) is 5.41 Å². The molecule has 0 spiro atoms. The Kier molecular flexibility index (Phi) is 5.46. The van der Waals surface area contributed by atoms with Crippen molar-refractivity contribution in [2.75, 3.05) is 37.0 Å². The zero-order chi connectivity index (χ0) is 23.3. The maximum Gasteiger partial charge on any atom is 0.230 e. The largest absolute Gasteiger partial charge is 0.374 e. The Morgan fingerprint density at radius 2 is 1.21 bits per heavy atom. The molecule has 0 aromatic heterocycles. The number of fused-ring (bicyclic) bond motifs is 2. The average molecular weight is 446 g/mol. The van der Waals surface area contributed by atoms with Gasteiger partial charge in [0.2, 0.25) is 11.8 Å². The number of hydrogen-bond donors (Lipinski definition) is 0. The number of carbonyl (C=O) groups is 2. The van der Waals surface area contributed by atoms with Crippen LogP contribution >= 0.6 is 0 Å². The minimum Gasteiger partial charge on any atom is -0.374 e. The van der Waals surface area contributed by atoms with Gasteiger partial charge in [0.15, 0.2) is 0 Å². The second-order valence-electron chi connectivity index (χ2n) is 10.9. The molecule has 3 aliphatic rings. The Labute approximate surface area is 197 Å². The molecule has 5 rings (SSSR count). The van der Waals surface area contributed by atoms with Gasteiger partial charge in [0.1, 0.15) is 0 Å². The van der Waals surface area contributed by atoms with Crippen molar-refractivity contribution >= 4 is 23.2 Å². The van der Waals surface area contributed by atoms with Crippen LogP contribution in [0.4, 0.5) is 11.4 Å². The zero-order valence-electron chi connectivity index (χ0n) is 20.4. The number of piperidine rings is 1. The number of imide groups is 1. The van der Waals surface area contributed by atoms with Gasteiger partial charge in [-0.05, 0) is 65.5 Å². The molecule has 0 N–H and O–H groups in total. The highest BCUT2D eigenvalue weighted by molar-refractivity contribution is 5.99. The third-order valence-corrected chi connectivity index (χ3v) is 7.60. The van der Waals surface area contributed by atoms with E-state index in [9.17, 15) is 9.59 Å². The van der Waals surface area contributed by atoms with Crippen LogP contribution in [0, 0.1) is 5.41 Å². The number of aryl methyl sites for hydroxylation is 2. The number of nitrogens with zero attached hydrogens (tertiary/aromatic N) is 3. The molecule has 0 aliphatic carbocycles. The SMILES string of the molecule is CN1CCCc2cc(C(c3ccc4c(c3)CCCN4C)N3C(=O)CC(C)(C)CC3=O)ccc21. The summed E-state index contributed by atoms with van der Waals surface area (Å²) in [5.74, 6) is -0.128. The van der Waals surface area contributed by atoms with Crippen molar-refractivity contribution in [2.45, 2.75) is 58.4 Å². The van der Waals surface area contributed by atoms with Crippen LogP contribution in [0.2, 0.25) is 0 Å². The first-order valence-corrected chi connectivity index (χ1v) is 12.3. The number of amides is 2. The summed E-state index contributed by atoms with van der Waals surface area (Å²) in [7, 11) is 4.27. The van der Waals surface area contributed by atoms with Crippen molar-refractivity contribution < 1.29 is 9.59 Å². The molecule has 0 atom stereocenters. The van der Waals surface area contributed by atoms with E-state index in [1.54, 1.807) is 4.90 Å². The van der Waals surface area contributed by atoms with E-state index in [4.69, 9.17) is 0 Å². The summed E-state index contributed by atoms with van der Waals surface area (Å²) in [5, 5.41) is 0. The topological polar surface area (TPSA) is 43.9 Å². The Hall–Kier alpha value is -2.82. The average Bonchev–Trinajstić information content (AvgIpc) is 2.75. The monoisotopic (exact) mass is 445 g/mol. The van der Waals surface area contributed by atoms with Crippen molar-refractivity contribution in [1.29, 1.82) is 0 Å². The van der Waals surface area contributed by atoms with Crippen LogP contribution in [0.25, 0.3) is 0 Å². The molecule has 2 aromatic carbocycles. The van der Waals surface area contributed by atoms with E-state index in [0.29, 0.717) is 12.8 Å². The van der Waals surface area contributed by atoms with Gasteiger partial charge in [-0.25, -0.2) is 0 Å². The van der Waals surface area contributed by atoms with E-state index in [2.05, 4.69) is 60.3 Å². The van der Waals surface area contributed by atoms with Crippen LogP contribution in [0.15, 0.2) is 36.4 Å². The molecular formula is C28H35N3O2. The minimum atomic E-state index is -0.379. The van der Waals surface area contributed by atoms with E-state index >= 15 is 0 Å². The lowest BCUT2D eigenvalue weighted by Crippen LogP contribution is -2.48. The quantitative estimate of drug-likeness (QED) is 0.642. The molecule has 0 unspecified atom stereocenters. The fourth-order valence-corrected chi connectivity index (χ4v) is 5.92. The van der Waals surface area contributed by atoms with Gasteiger partial charge in [0, 0.05) is 51.4 Å². The molecule has 2 aromatic rings. The summed E-state index contributed by atoms with van der Waals surface area (Å²) in [4.78, 5) is 32.9. The molecular weight excluding hydrogens is 410 g/mol. The summed E-state index contributed by atoms with van der Waals surface area (Å²) in [6, 6.07) is 12.7. The molecule has 0 saturated carbocycles. The maximum atomic E-state index is 13.4. The normalized spacial score (nSPS) is 20.2. The third kappa shape index (κ3) is 4.03. The number of carbonyl (C=O) groups excluding carboxylic acids is 2. The molecule has 3 aliphatic heterocycles. The van der Waals surface area contributed by atoms with Gasteiger partial charge in [-0.3, -0.25) is 14.5 Å². The summed E-state index contributed by atoms with van der Waals surface area (Å²) >= 11 is 0. The molecule has 0 radical (unpaired) electrons. The lowest BCUT2D eigenvalue weighted by molar-refractivity contribution is -0.154. The van der Waals surface area contributed by atoms with E-state index in [1.807, 2.05) is 13.8 Å². The lowest BCUT2D eigenvalue weighted by atomic mass is 9.80. The number of rotatable bonds is 3. The van der Waals surface area contributed by atoms with Gasteiger partial charge in [-0.2, -0.15) is 0 Å². The summed E-state index contributed by atoms with van der Waals surface area (Å²) in [6.45, 7) is 6.15. The molecule has 5 nitrogen and oxygen atoms in total. The molecule has 2 amide bonds.